The molecule has 0 bridgehead atoms. The molecule has 7 rings (SSSR count). The Bertz CT molecular complexity index is 1790. The Morgan fingerprint density at radius 2 is 1.02 bits per heavy atom. The number of ether oxygens (including phenoxy) is 5. The Morgan fingerprint density at radius 3 is 1.37 bits per heavy atom. The van der Waals surface area contributed by atoms with E-state index in [-0.39, 0.29) is 25.8 Å². The van der Waals surface area contributed by atoms with Gasteiger partial charge in [-0.25, -0.2) is 0 Å². The van der Waals surface area contributed by atoms with E-state index in [9.17, 15) is 0 Å². The minimum Gasteiger partial charge on any atom is -0.502 e. The zero-order chi connectivity index (χ0) is 46.9. The molecule has 2 saturated heterocycles. The van der Waals surface area contributed by atoms with Gasteiger partial charge in [-0.1, -0.05) is 151 Å². The molecule has 0 aromatic heterocycles. The fraction of sp³-hybridized carbons (Fsp3) is 0.385. The maximum atomic E-state index is 8.91. The first-order valence-corrected chi connectivity index (χ1v) is 24.0. The maximum Gasteiger partial charge on any atom is 0.158 e. The molecule has 0 aliphatic carbocycles. The van der Waals surface area contributed by atoms with Crippen LogP contribution in [0, 0.1) is 0 Å². The highest BCUT2D eigenvalue weighted by molar-refractivity contribution is 9.11. The van der Waals surface area contributed by atoms with Gasteiger partial charge < -0.3 is 33.9 Å². The fourth-order valence-electron chi connectivity index (χ4n) is 5.90. The molecule has 7 nitrogen and oxygen atoms in total. The normalized spacial score (nSPS) is 16.0. The summed E-state index contributed by atoms with van der Waals surface area (Å²) < 4.78 is 34.8. The molecule has 2 atom stereocenters. The van der Waals surface area contributed by atoms with Crippen LogP contribution in [0.2, 0.25) is 0 Å². The van der Waals surface area contributed by atoms with E-state index in [2.05, 4.69) is 100 Å². The van der Waals surface area contributed by atoms with Gasteiger partial charge in [-0.05, 0) is 117 Å². The molecular weight excluding hydrogens is 987 g/mol. The van der Waals surface area contributed by atoms with E-state index in [1.54, 1.807) is 12.3 Å². The molecule has 63 heavy (non-hydrogen) atoms. The molecule has 0 amide bonds. The summed E-state index contributed by atoms with van der Waals surface area (Å²) in [5.41, 5.74) is 6.78. The van der Waals surface area contributed by atoms with Gasteiger partial charge in [-0.15, -0.1) is 19.7 Å². The first kappa shape index (κ1) is 56.0. The lowest BCUT2D eigenvalue weighted by Crippen LogP contribution is -2.22. The van der Waals surface area contributed by atoms with Crippen molar-refractivity contribution >= 4 is 56.2 Å². The fourth-order valence-corrected chi connectivity index (χ4v) is 6.71. The van der Waals surface area contributed by atoms with Gasteiger partial charge in [0, 0.05) is 35.9 Å². The average molecular weight is 1060 g/mol. The van der Waals surface area contributed by atoms with Crippen LogP contribution in [-0.2, 0) is 63.0 Å². The summed E-state index contributed by atoms with van der Waals surface area (Å²) in [5.74, 6) is 0. The molecule has 342 valence electrons. The topological polar surface area (TPSA) is 86.6 Å². The summed E-state index contributed by atoms with van der Waals surface area (Å²) in [6.45, 7) is 14.9. The molecule has 3 aliphatic rings. The van der Waals surface area contributed by atoms with Crippen LogP contribution in [0.4, 0.5) is 0 Å². The van der Waals surface area contributed by atoms with Crippen molar-refractivity contribution in [2.24, 2.45) is 0 Å². The van der Waals surface area contributed by atoms with Gasteiger partial charge >= 0.3 is 0 Å². The molecule has 4 aromatic rings. The van der Waals surface area contributed by atoms with Crippen molar-refractivity contribution in [3.8, 4) is 0 Å². The van der Waals surface area contributed by atoms with Crippen molar-refractivity contribution in [3.05, 3.63) is 190 Å². The quantitative estimate of drug-likeness (QED) is 0.0784. The zero-order valence-electron chi connectivity index (χ0n) is 37.8. The van der Waals surface area contributed by atoms with E-state index >= 15 is 0 Å². The van der Waals surface area contributed by atoms with Crippen molar-refractivity contribution in [3.63, 3.8) is 0 Å². The summed E-state index contributed by atoms with van der Waals surface area (Å²) in [6, 6.07) is 31.9. The lowest BCUT2D eigenvalue weighted by Gasteiger charge is -2.23. The number of alkyl halides is 1. The van der Waals surface area contributed by atoms with Crippen LogP contribution in [-0.4, -0.2) is 57.7 Å². The van der Waals surface area contributed by atoms with E-state index in [0.29, 0.717) is 13.2 Å². The Morgan fingerprint density at radius 1 is 0.587 bits per heavy atom. The summed E-state index contributed by atoms with van der Waals surface area (Å²) in [5, 5.41) is 18.5. The van der Waals surface area contributed by atoms with Gasteiger partial charge in [0.1, 0.15) is 0 Å². The predicted octanol–water partition coefficient (Wildman–Crippen LogP) is 13.0. The van der Waals surface area contributed by atoms with E-state index in [0.717, 1.165) is 89.3 Å². The van der Waals surface area contributed by atoms with Gasteiger partial charge in [0.15, 0.2) is 12.6 Å². The Labute approximate surface area is 407 Å². The highest BCUT2D eigenvalue weighted by Gasteiger charge is 2.15. The molecule has 0 saturated carbocycles. The molecule has 4 aromatic carbocycles. The maximum absolute atomic E-state index is 8.91. The summed E-state index contributed by atoms with van der Waals surface area (Å²) in [7, 11) is 3.75. The number of aliphatic hydroxyl groups is 2. The van der Waals surface area contributed by atoms with Gasteiger partial charge in [0.05, 0.1) is 39.3 Å². The van der Waals surface area contributed by atoms with Gasteiger partial charge in [0.25, 0.3) is 0 Å². The predicted molar refractivity (Wildman–Crippen MR) is 273 cm³/mol. The second kappa shape index (κ2) is 39.3. The third kappa shape index (κ3) is 27.1. The summed E-state index contributed by atoms with van der Waals surface area (Å²) in [6.07, 6.45) is 20.2. The van der Waals surface area contributed by atoms with Crippen molar-refractivity contribution in [2.45, 2.75) is 103 Å². The van der Waals surface area contributed by atoms with Crippen molar-refractivity contribution in [1.82, 2.24) is 0 Å². The number of hydrogen-bond acceptors (Lipinski definition) is 7. The first-order valence-electron chi connectivity index (χ1n) is 21.9. The second-order valence-electron chi connectivity index (χ2n) is 14.1. The molecular formula is C52H68BBr3O7. The summed E-state index contributed by atoms with van der Waals surface area (Å²) in [4.78, 5) is 0. The molecule has 2 radical (unpaired) electrons. The van der Waals surface area contributed by atoms with Crippen LogP contribution in [0.15, 0.2) is 156 Å². The molecule has 2 N–H and O–H groups in total. The molecule has 3 heterocycles. The largest absolute Gasteiger partial charge is 0.502 e. The average Bonchev–Trinajstić information content (AvgIpc) is 3.37. The Kier molecular flexibility index (Phi) is 34.9. The van der Waals surface area contributed by atoms with Crippen LogP contribution in [0.3, 0.4) is 0 Å². The zero-order valence-corrected chi connectivity index (χ0v) is 41.5. The highest BCUT2D eigenvalue weighted by atomic mass is 79.9. The van der Waals surface area contributed by atoms with Crippen LogP contribution < -0.4 is 0 Å². The molecule has 2 fully saturated rings. The summed E-state index contributed by atoms with van der Waals surface area (Å²) >= 11 is 9.93. The van der Waals surface area contributed by atoms with Crippen LogP contribution in [0.5, 0.6) is 0 Å². The highest BCUT2D eigenvalue weighted by Crippen LogP contribution is 2.21. The van der Waals surface area contributed by atoms with Crippen molar-refractivity contribution in [2.75, 3.05) is 25.2 Å². The monoisotopic (exact) mass is 1050 g/mol. The third-order valence-corrected chi connectivity index (χ3v) is 11.3. The second-order valence-corrected chi connectivity index (χ2v) is 16.4. The minimum atomic E-state index is -0.0134. The number of allylic oxidation sites excluding steroid dienone is 4. The van der Waals surface area contributed by atoms with E-state index in [1.807, 2.05) is 91.0 Å². The number of aliphatic hydroxyl groups excluding tert-OH is 2. The van der Waals surface area contributed by atoms with Gasteiger partial charge in [-0.2, -0.15) is 0 Å². The van der Waals surface area contributed by atoms with Crippen LogP contribution in [0.25, 0.3) is 0 Å². The van der Waals surface area contributed by atoms with E-state index in [1.165, 1.54) is 42.4 Å². The van der Waals surface area contributed by atoms with Crippen molar-refractivity contribution in [1.29, 1.82) is 1.34 Å². The van der Waals surface area contributed by atoms with Crippen LogP contribution in [0.1, 0.15) is 84.7 Å². The minimum absolute atomic E-state index is 0.00847. The van der Waals surface area contributed by atoms with Gasteiger partial charge in [0.2, 0.25) is 0 Å². The lowest BCUT2D eigenvalue weighted by atomic mass is 10.1. The molecule has 3 aliphatic heterocycles. The molecule has 0 spiro atoms. The number of halogens is 3. The van der Waals surface area contributed by atoms with Gasteiger partial charge in [-0.3, -0.25) is 0 Å². The lowest BCUT2D eigenvalue weighted by molar-refractivity contribution is -0.169. The molecule has 11 heteroatoms. The number of benzene rings is 4. The Balaban J connectivity index is 0.000000400. The molecule has 2 unspecified atom stereocenters. The Hall–Kier alpha value is -3.10. The third-order valence-electron chi connectivity index (χ3n) is 9.28. The smallest absolute Gasteiger partial charge is 0.158 e. The van der Waals surface area contributed by atoms with E-state index < -0.39 is 0 Å². The first-order chi connectivity index (χ1) is 31.4. The van der Waals surface area contributed by atoms with Crippen LogP contribution >= 0.6 is 47.8 Å². The van der Waals surface area contributed by atoms with E-state index in [4.69, 9.17) is 35.2 Å². The number of rotatable bonds is 13. The standard InChI is InChI=1S/C15H20O2.C12H15BrO2.C10H12O.C7H7BrO.C5H8O.C3H5Br.BH/c1-2-7-13-8-3-4-9-14(13)12-17-15-10-5-6-11-16-15;13-11-6-2-1-5-10(11)9-15-12-7-3-4-8-14-12;1-2-5-9-6-3-4-7-10(9)8-11;8-7-4-2-1-3-6(7)5-9;1-2-4-6-5-3-1;1-2-3-4;/h2-4,8-9,15H,1,5-7,10-12H2;1-2,5-6,12H,3-4,7-9H2;2-4,6-7,11H,1,5,8H2;1-4,9H,5H2;2,4H,1,3,5H2;2H,1,3H2;1H/i;;;;;;1T. The SMILES string of the molecule is Brc1ccccc1COC1CCCCO1.C1=COCCC1.C=CCBr.C=CCc1ccccc1CO.C=CCc1ccccc1COC1CCCCO1.OCc1ccccc1Br.[3H][B]. The van der Waals surface area contributed by atoms with Crippen molar-refractivity contribution < 1.29 is 33.9 Å². The number of hydrogen-bond donors (Lipinski definition) is 2.